The van der Waals surface area contributed by atoms with Crippen molar-refractivity contribution in [3.8, 4) is 5.75 Å². The Labute approximate surface area is 111 Å². The van der Waals surface area contributed by atoms with E-state index in [0.717, 1.165) is 22.2 Å². The monoisotopic (exact) mass is 298 g/mol. The van der Waals surface area contributed by atoms with E-state index >= 15 is 0 Å². The summed E-state index contributed by atoms with van der Waals surface area (Å²) in [5.74, 6) is 1.12. The fraction of sp³-hybridized carbons (Fsp3) is 0.500. The number of halogens is 1. The molecule has 0 spiro atoms. The van der Waals surface area contributed by atoms with Crippen LogP contribution >= 0.6 is 15.9 Å². The Morgan fingerprint density at radius 1 is 1.35 bits per heavy atom. The molecule has 1 aromatic rings. The Kier molecular flexibility index (Phi) is 4.75. The number of hydrogen-bond acceptors (Lipinski definition) is 2. The number of hydrogen-bond donors (Lipinski definition) is 0. The molecule has 0 radical (unpaired) electrons. The van der Waals surface area contributed by atoms with Crippen LogP contribution in [-0.4, -0.2) is 12.9 Å². The van der Waals surface area contributed by atoms with Crippen molar-refractivity contribution in [1.82, 2.24) is 0 Å². The molecule has 0 unspecified atom stereocenters. The fourth-order valence-electron chi connectivity index (χ4n) is 1.57. The summed E-state index contributed by atoms with van der Waals surface area (Å²) in [7, 11) is 1.65. The molecular formula is C14H19BrO2. The molecule has 0 aliphatic rings. The molecule has 94 valence electrons. The van der Waals surface area contributed by atoms with Crippen molar-refractivity contribution >= 4 is 21.7 Å². The van der Waals surface area contributed by atoms with Crippen LogP contribution in [0.15, 0.2) is 22.7 Å². The van der Waals surface area contributed by atoms with Crippen molar-refractivity contribution < 1.29 is 9.53 Å². The van der Waals surface area contributed by atoms with Crippen LogP contribution < -0.4 is 4.74 Å². The average Bonchev–Trinajstić information content (AvgIpc) is 2.24. The van der Waals surface area contributed by atoms with Crippen molar-refractivity contribution in [2.24, 2.45) is 5.41 Å². The van der Waals surface area contributed by atoms with E-state index in [0.29, 0.717) is 6.42 Å². The third-order valence-corrected chi connectivity index (χ3v) is 3.19. The lowest BCUT2D eigenvalue weighted by atomic mass is 9.87. The summed E-state index contributed by atoms with van der Waals surface area (Å²) < 4.78 is 6.30. The second-order valence-electron chi connectivity index (χ2n) is 5.13. The van der Waals surface area contributed by atoms with E-state index < -0.39 is 0 Å². The van der Waals surface area contributed by atoms with Crippen LogP contribution in [0.2, 0.25) is 0 Å². The van der Waals surface area contributed by atoms with Gasteiger partial charge in [-0.3, -0.25) is 4.79 Å². The van der Waals surface area contributed by atoms with Crippen LogP contribution in [0, 0.1) is 5.41 Å². The zero-order chi connectivity index (χ0) is 13.1. The predicted octanol–water partition coefficient (Wildman–Crippen LogP) is 4.01. The highest BCUT2D eigenvalue weighted by molar-refractivity contribution is 9.10. The third-order valence-electron chi connectivity index (χ3n) is 2.70. The molecule has 0 aliphatic carbocycles. The first kappa shape index (κ1) is 14.2. The molecule has 2 nitrogen and oxygen atoms in total. The van der Waals surface area contributed by atoms with Crippen molar-refractivity contribution in [1.29, 1.82) is 0 Å². The van der Waals surface area contributed by atoms with E-state index in [1.807, 2.05) is 39.0 Å². The molecule has 1 aromatic carbocycles. The van der Waals surface area contributed by atoms with Gasteiger partial charge in [-0.05, 0) is 30.2 Å². The lowest BCUT2D eigenvalue weighted by Gasteiger charge is -2.17. The molecule has 0 heterocycles. The van der Waals surface area contributed by atoms with Gasteiger partial charge >= 0.3 is 0 Å². The summed E-state index contributed by atoms with van der Waals surface area (Å²) in [5.41, 5.74) is 0.804. The van der Waals surface area contributed by atoms with Crippen molar-refractivity contribution in [2.75, 3.05) is 7.11 Å². The van der Waals surface area contributed by atoms with Gasteiger partial charge in [0.1, 0.15) is 11.5 Å². The number of methoxy groups -OCH3 is 1. The summed E-state index contributed by atoms with van der Waals surface area (Å²) in [5, 5.41) is 0. The minimum atomic E-state index is -0.265. The van der Waals surface area contributed by atoms with Crippen LogP contribution in [0.3, 0.4) is 0 Å². The third kappa shape index (κ3) is 4.15. The second kappa shape index (κ2) is 5.67. The second-order valence-corrected chi connectivity index (χ2v) is 6.05. The molecule has 0 saturated heterocycles. The Morgan fingerprint density at radius 2 is 2.00 bits per heavy atom. The van der Waals surface area contributed by atoms with Crippen molar-refractivity contribution in [3.05, 3.63) is 28.2 Å². The lowest BCUT2D eigenvalue weighted by molar-refractivity contribution is -0.126. The van der Waals surface area contributed by atoms with E-state index in [-0.39, 0.29) is 11.2 Å². The highest BCUT2D eigenvalue weighted by Crippen LogP contribution is 2.26. The Morgan fingerprint density at radius 3 is 2.53 bits per heavy atom. The Bertz CT molecular complexity index is 405. The molecule has 0 aliphatic heterocycles. The maximum absolute atomic E-state index is 11.9. The van der Waals surface area contributed by atoms with Gasteiger partial charge in [0.05, 0.1) is 7.11 Å². The number of benzene rings is 1. The molecule has 0 N–H and O–H groups in total. The van der Waals surface area contributed by atoms with Gasteiger partial charge < -0.3 is 4.74 Å². The lowest BCUT2D eigenvalue weighted by Crippen LogP contribution is -2.20. The molecule has 3 heteroatoms. The van der Waals surface area contributed by atoms with Gasteiger partial charge in [0.25, 0.3) is 0 Å². The number of rotatable bonds is 4. The zero-order valence-corrected chi connectivity index (χ0v) is 12.4. The molecule has 1 rings (SSSR count). The van der Waals surface area contributed by atoms with Crippen molar-refractivity contribution in [2.45, 2.75) is 33.6 Å². The van der Waals surface area contributed by atoms with Gasteiger partial charge in [-0.2, -0.15) is 0 Å². The van der Waals surface area contributed by atoms with E-state index in [2.05, 4.69) is 15.9 Å². The summed E-state index contributed by atoms with van der Waals surface area (Å²) in [6.07, 6.45) is 1.27. The van der Waals surface area contributed by atoms with E-state index in [1.165, 1.54) is 0 Å². The first-order chi connectivity index (χ1) is 7.84. The van der Waals surface area contributed by atoms with E-state index in [9.17, 15) is 4.79 Å². The average molecular weight is 299 g/mol. The van der Waals surface area contributed by atoms with Gasteiger partial charge in [0.2, 0.25) is 0 Å². The van der Waals surface area contributed by atoms with Gasteiger partial charge in [-0.25, -0.2) is 0 Å². The van der Waals surface area contributed by atoms with Gasteiger partial charge in [-0.1, -0.05) is 36.7 Å². The number of carbonyl (C=O) groups is 1. The highest BCUT2D eigenvalue weighted by Gasteiger charge is 2.20. The molecule has 0 fully saturated rings. The topological polar surface area (TPSA) is 26.3 Å². The predicted molar refractivity (Wildman–Crippen MR) is 73.5 cm³/mol. The van der Waals surface area contributed by atoms with Crippen LogP contribution in [0.4, 0.5) is 0 Å². The highest BCUT2D eigenvalue weighted by atomic mass is 79.9. The van der Waals surface area contributed by atoms with Gasteiger partial charge in [-0.15, -0.1) is 0 Å². The Balaban J connectivity index is 2.75. The fourth-order valence-corrected chi connectivity index (χ4v) is 1.97. The molecule has 17 heavy (non-hydrogen) atoms. The Hall–Kier alpha value is -0.830. The summed E-state index contributed by atoms with van der Waals surface area (Å²) in [6.45, 7) is 5.86. The smallest absolute Gasteiger partial charge is 0.138 e. The van der Waals surface area contributed by atoms with Crippen LogP contribution in [-0.2, 0) is 11.2 Å². The molecule has 0 atom stereocenters. The normalized spacial score (nSPS) is 11.4. The maximum Gasteiger partial charge on any atom is 0.138 e. The zero-order valence-electron chi connectivity index (χ0n) is 10.8. The molecule has 0 bridgehead atoms. The largest absolute Gasteiger partial charge is 0.496 e. The molecule has 0 amide bonds. The van der Waals surface area contributed by atoms with E-state index in [4.69, 9.17) is 4.74 Å². The van der Waals surface area contributed by atoms with Gasteiger partial charge in [0.15, 0.2) is 0 Å². The number of Topliss-reactive ketones (excluding diaryl/α,β-unsaturated/α-hetero) is 1. The number of carbonyl (C=O) groups excluding carboxylic acids is 1. The number of ether oxygens (including phenoxy) is 1. The number of aryl methyl sites for hydroxylation is 1. The molecular weight excluding hydrogens is 280 g/mol. The number of ketones is 1. The van der Waals surface area contributed by atoms with Crippen LogP contribution in [0.25, 0.3) is 0 Å². The summed E-state index contributed by atoms with van der Waals surface area (Å²) in [4.78, 5) is 11.9. The quantitative estimate of drug-likeness (QED) is 0.840. The van der Waals surface area contributed by atoms with Crippen LogP contribution in [0.5, 0.6) is 5.75 Å². The van der Waals surface area contributed by atoms with Gasteiger partial charge in [0, 0.05) is 16.3 Å². The maximum atomic E-state index is 11.9. The first-order valence-corrected chi connectivity index (χ1v) is 6.49. The minimum absolute atomic E-state index is 0.265. The first-order valence-electron chi connectivity index (χ1n) is 5.70. The van der Waals surface area contributed by atoms with Crippen LogP contribution in [0.1, 0.15) is 32.8 Å². The molecule has 0 aromatic heterocycles. The summed E-state index contributed by atoms with van der Waals surface area (Å²) in [6, 6.07) is 5.86. The minimum Gasteiger partial charge on any atom is -0.496 e. The molecule has 0 saturated carbocycles. The van der Waals surface area contributed by atoms with Crippen molar-refractivity contribution in [3.63, 3.8) is 0 Å². The SMILES string of the molecule is COc1ccc(Br)cc1CCC(=O)C(C)(C)C. The summed E-state index contributed by atoms with van der Waals surface area (Å²) >= 11 is 3.43. The van der Waals surface area contributed by atoms with E-state index in [1.54, 1.807) is 7.11 Å². The standard InChI is InChI=1S/C14H19BrO2/c1-14(2,3)13(16)8-5-10-9-11(15)6-7-12(10)17-4/h6-7,9H,5,8H2,1-4H3.